The number of nitriles is 1. The highest BCUT2D eigenvalue weighted by molar-refractivity contribution is 6.08. The number of hydrogen-bond acceptors (Lipinski definition) is 6. The van der Waals surface area contributed by atoms with Crippen LogP contribution in [0.4, 0.5) is 10.5 Å². The Morgan fingerprint density at radius 2 is 2.07 bits per heavy atom. The van der Waals surface area contributed by atoms with Gasteiger partial charge in [0.05, 0.1) is 11.6 Å². The first-order chi connectivity index (χ1) is 14.2. The summed E-state index contributed by atoms with van der Waals surface area (Å²) in [5.74, 6) is -1.36. The molecular weight excluding hydrogens is 388 g/mol. The molecule has 0 radical (unpaired) electrons. The maximum atomic E-state index is 12.8. The Labute approximate surface area is 174 Å². The molecule has 2 aliphatic rings. The van der Waals surface area contributed by atoms with E-state index in [0.29, 0.717) is 30.0 Å². The van der Waals surface area contributed by atoms with Crippen molar-refractivity contribution in [3.63, 3.8) is 0 Å². The van der Waals surface area contributed by atoms with Gasteiger partial charge in [-0.3, -0.25) is 19.3 Å². The molecule has 1 heterocycles. The van der Waals surface area contributed by atoms with E-state index in [0.717, 1.165) is 17.7 Å². The third-order valence-electron chi connectivity index (χ3n) is 5.60. The number of carbonyl (C=O) groups excluding carboxylic acids is 4. The van der Waals surface area contributed by atoms with Gasteiger partial charge in [0.1, 0.15) is 12.1 Å². The molecule has 1 aromatic rings. The summed E-state index contributed by atoms with van der Waals surface area (Å²) in [7, 11) is 0. The second-order valence-corrected chi connectivity index (χ2v) is 7.90. The van der Waals surface area contributed by atoms with Crippen molar-refractivity contribution in [3.05, 3.63) is 29.8 Å². The molecule has 3 rings (SSSR count). The number of imide groups is 1. The number of nitrogens with zero attached hydrogens (tertiary/aromatic N) is 2. The van der Waals surface area contributed by atoms with E-state index >= 15 is 0 Å². The smallest absolute Gasteiger partial charge is 0.327 e. The maximum absolute atomic E-state index is 12.8. The minimum Gasteiger partial charge on any atom is -0.451 e. The molecule has 2 N–H and O–H groups in total. The van der Waals surface area contributed by atoms with E-state index in [9.17, 15) is 19.2 Å². The summed E-state index contributed by atoms with van der Waals surface area (Å²) in [6, 6.07) is 7.65. The van der Waals surface area contributed by atoms with E-state index in [4.69, 9.17) is 10.00 Å². The van der Waals surface area contributed by atoms with Gasteiger partial charge >= 0.3 is 12.0 Å². The van der Waals surface area contributed by atoms with Gasteiger partial charge in [-0.25, -0.2) is 4.79 Å². The lowest BCUT2D eigenvalue weighted by atomic mass is 9.77. The molecule has 30 heavy (non-hydrogen) atoms. The van der Waals surface area contributed by atoms with Gasteiger partial charge in [0.15, 0.2) is 6.10 Å². The molecule has 0 aromatic heterocycles. The van der Waals surface area contributed by atoms with Gasteiger partial charge in [-0.15, -0.1) is 0 Å². The van der Waals surface area contributed by atoms with Crippen LogP contribution in [-0.4, -0.2) is 46.9 Å². The Hall–Kier alpha value is -3.41. The van der Waals surface area contributed by atoms with Crippen LogP contribution in [0.3, 0.4) is 0 Å². The normalized spacial score (nSPS) is 24.2. The topological polar surface area (TPSA) is 129 Å². The van der Waals surface area contributed by atoms with Crippen LogP contribution in [0, 0.1) is 17.2 Å². The minimum absolute atomic E-state index is 0.377. The third-order valence-corrected chi connectivity index (χ3v) is 5.60. The number of amides is 4. The zero-order valence-corrected chi connectivity index (χ0v) is 16.9. The van der Waals surface area contributed by atoms with Crippen molar-refractivity contribution >= 4 is 29.5 Å². The molecule has 1 saturated heterocycles. The van der Waals surface area contributed by atoms with E-state index in [2.05, 4.69) is 17.6 Å². The quantitative estimate of drug-likeness (QED) is 0.562. The Kier molecular flexibility index (Phi) is 6.06. The lowest BCUT2D eigenvalue weighted by molar-refractivity contribution is -0.155. The average Bonchev–Trinajstić information content (AvgIpc) is 2.94. The fraction of sp³-hybridized carbons (Fsp3) is 0.476. The van der Waals surface area contributed by atoms with Crippen molar-refractivity contribution in [1.29, 1.82) is 5.26 Å². The molecule has 1 spiro atoms. The molecule has 1 atom stereocenters. The molecule has 1 aliphatic heterocycles. The first-order valence-corrected chi connectivity index (χ1v) is 9.89. The number of anilines is 1. The average molecular weight is 412 g/mol. The third kappa shape index (κ3) is 4.43. The van der Waals surface area contributed by atoms with Crippen LogP contribution in [-0.2, 0) is 19.1 Å². The monoisotopic (exact) mass is 412 g/mol. The Balaban J connectivity index is 1.55. The molecule has 1 aliphatic carbocycles. The molecule has 9 nitrogen and oxygen atoms in total. The SMILES string of the molecule is CC1CCC2(CC1)NC(=O)N(CC(=O)OC(C)C(=O)Nc1cccc(C#N)c1)C2=O. The van der Waals surface area contributed by atoms with Crippen LogP contribution < -0.4 is 10.6 Å². The lowest BCUT2D eigenvalue weighted by Gasteiger charge is -2.33. The number of nitrogens with one attached hydrogen (secondary N) is 2. The number of benzene rings is 1. The van der Waals surface area contributed by atoms with Crippen LogP contribution in [0.1, 0.15) is 45.1 Å². The van der Waals surface area contributed by atoms with E-state index in [1.54, 1.807) is 18.2 Å². The minimum atomic E-state index is -1.14. The summed E-state index contributed by atoms with van der Waals surface area (Å²) < 4.78 is 5.10. The molecule has 1 unspecified atom stereocenters. The molecule has 9 heteroatoms. The van der Waals surface area contributed by atoms with E-state index in [-0.39, 0.29) is 0 Å². The number of hydrogen-bond donors (Lipinski definition) is 2. The summed E-state index contributed by atoms with van der Waals surface area (Å²) in [6.45, 7) is 2.94. The van der Waals surface area contributed by atoms with Crippen molar-refractivity contribution in [1.82, 2.24) is 10.2 Å². The second-order valence-electron chi connectivity index (χ2n) is 7.90. The first kappa shape index (κ1) is 21.3. The molecule has 4 amide bonds. The molecule has 0 bridgehead atoms. The second kappa shape index (κ2) is 8.53. The number of urea groups is 1. The van der Waals surface area contributed by atoms with Gasteiger partial charge in [-0.1, -0.05) is 13.0 Å². The van der Waals surface area contributed by atoms with Gasteiger partial charge < -0.3 is 15.4 Å². The first-order valence-electron chi connectivity index (χ1n) is 9.89. The number of rotatable bonds is 5. The predicted octanol–water partition coefficient (Wildman–Crippen LogP) is 1.93. The Morgan fingerprint density at radius 1 is 1.37 bits per heavy atom. The number of ether oxygens (including phenoxy) is 1. The van der Waals surface area contributed by atoms with Crippen molar-refractivity contribution < 1.29 is 23.9 Å². The molecule has 1 saturated carbocycles. The van der Waals surface area contributed by atoms with Gasteiger partial charge in [-0.2, -0.15) is 5.26 Å². The van der Waals surface area contributed by atoms with Crippen molar-refractivity contribution in [2.45, 2.75) is 51.2 Å². The molecular formula is C21H24N4O5. The van der Waals surface area contributed by atoms with Crippen LogP contribution in [0.15, 0.2) is 24.3 Å². The largest absolute Gasteiger partial charge is 0.451 e. The standard InChI is InChI=1S/C21H24N4O5/c1-13-6-8-21(9-7-13)19(28)25(20(29)24-21)12-17(26)30-14(2)18(27)23-16-5-3-4-15(10-16)11-22/h3-5,10,13-14H,6-9,12H2,1-2H3,(H,23,27)(H,24,29). The van der Waals surface area contributed by atoms with Gasteiger partial charge in [-0.05, 0) is 56.7 Å². The fourth-order valence-corrected chi connectivity index (χ4v) is 3.74. The summed E-state index contributed by atoms with van der Waals surface area (Å²) in [4.78, 5) is 50.4. The van der Waals surface area contributed by atoms with Crippen molar-refractivity contribution in [3.8, 4) is 6.07 Å². The predicted molar refractivity (Wildman–Crippen MR) is 106 cm³/mol. The van der Waals surface area contributed by atoms with Crippen LogP contribution in [0.25, 0.3) is 0 Å². The highest BCUT2D eigenvalue weighted by atomic mass is 16.5. The van der Waals surface area contributed by atoms with Gasteiger partial charge in [0, 0.05) is 5.69 Å². The van der Waals surface area contributed by atoms with Gasteiger partial charge in [0.2, 0.25) is 0 Å². The summed E-state index contributed by atoms with van der Waals surface area (Å²) in [5.41, 5.74) is -0.162. The maximum Gasteiger partial charge on any atom is 0.327 e. The molecule has 1 aromatic carbocycles. The van der Waals surface area contributed by atoms with Crippen molar-refractivity contribution in [2.75, 3.05) is 11.9 Å². The number of esters is 1. The lowest BCUT2D eigenvalue weighted by Crippen LogP contribution is -2.49. The van der Waals surface area contributed by atoms with Crippen LogP contribution in [0.5, 0.6) is 0 Å². The fourth-order valence-electron chi connectivity index (χ4n) is 3.74. The van der Waals surface area contributed by atoms with E-state index in [1.807, 2.05) is 6.07 Å². The number of carbonyl (C=O) groups is 4. The van der Waals surface area contributed by atoms with E-state index < -0.39 is 42.0 Å². The summed E-state index contributed by atoms with van der Waals surface area (Å²) in [6.07, 6.45) is 1.60. The van der Waals surface area contributed by atoms with Crippen molar-refractivity contribution in [2.24, 2.45) is 5.92 Å². The highest BCUT2D eigenvalue weighted by Gasteiger charge is 2.52. The van der Waals surface area contributed by atoms with Crippen LogP contribution in [0.2, 0.25) is 0 Å². The zero-order chi connectivity index (χ0) is 21.9. The van der Waals surface area contributed by atoms with Crippen LogP contribution >= 0.6 is 0 Å². The summed E-state index contributed by atoms with van der Waals surface area (Å²) in [5, 5.41) is 14.2. The molecule has 158 valence electrons. The van der Waals surface area contributed by atoms with Gasteiger partial charge in [0.25, 0.3) is 11.8 Å². The Morgan fingerprint density at radius 3 is 2.73 bits per heavy atom. The highest BCUT2D eigenvalue weighted by Crippen LogP contribution is 2.36. The summed E-state index contributed by atoms with van der Waals surface area (Å²) >= 11 is 0. The zero-order valence-electron chi connectivity index (χ0n) is 16.9. The molecule has 2 fully saturated rings. The Bertz CT molecular complexity index is 914. The van der Waals surface area contributed by atoms with E-state index in [1.165, 1.54) is 13.0 Å².